The maximum absolute atomic E-state index is 12.5. The van der Waals surface area contributed by atoms with Gasteiger partial charge < -0.3 is 5.32 Å². The van der Waals surface area contributed by atoms with Crippen LogP contribution in [0.4, 0.5) is 0 Å². The molecule has 0 fully saturated rings. The van der Waals surface area contributed by atoms with Gasteiger partial charge in [-0.1, -0.05) is 29.8 Å². The van der Waals surface area contributed by atoms with Gasteiger partial charge >= 0.3 is 0 Å². The van der Waals surface area contributed by atoms with Gasteiger partial charge in [-0.15, -0.1) is 0 Å². The number of carbonyl (C=O) groups is 1. The third-order valence-electron chi connectivity index (χ3n) is 4.92. The topological polar surface area (TPSA) is 77.6 Å². The van der Waals surface area contributed by atoms with Crippen molar-refractivity contribution in [2.45, 2.75) is 33.4 Å². The van der Waals surface area contributed by atoms with Crippen molar-refractivity contribution in [3.05, 3.63) is 64.7 Å². The summed E-state index contributed by atoms with van der Waals surface area (Å²) >= 11 is 3.38. The Balaban J connectivity index is 1.45. The fourth-order valence-electron chi connectivity index (χ4n) is 3.57. The Kier molecular flexibility index (Phi) is 5.94. The van der Waals surface area contributed by atoms with E-state index in [-0.39, 0.29) is 12.5 Å². The van der Waals surface area contributed by atoms with Crippen LogP contribution >= 0.6 is 15.9 Å². The van der Waals surface area contributed by atoms with Crippen LogP contribution in [-0.4, -0.2) is 37.0 Å². The number of carbonyl (C=O) groups excluding carboxylic acids is 1. The van der Waals surface area contributed by atoms with Gasteiger partial charge in [0, 0.05) is 30.9 Å². The fourth-order valence-corrected chi connectivity index (χ4v) is 3.89. The van der Waals surface area contributed by atoms with Gasteiger partial charge in [-0.25, -0.2) is 9.67 Å². The average Bonchev–Trinajstić information content (AvgIpc) is 3.28. The van der Waals surface area contributed by atoms with Gasteiger partial charge in [-0.05, 0) is 53.4 Å². The molecule has 30 heavy (non-hydrogen) atoms. The van der Waals surface area contributed by atoms with Crippen LogP contribution in [0.2, 0.25) is 0 Å². The normalized spacial score (nSPS) is 11.2. The number of aromatic nitrogens is 5. The highest BCUT2D eigenvalue weighted by Gasteiger charge is 2.15. The number of amides is 1. The number of aryl methyl sites for hydroxylation is 3. The molecule has 0 saturated carbocycles. The lowest BCUT2D eigenvalue weighted by molar-refractivity contribution is -0.121. The van der Waals surface area contributed by atoms with Crippen LogP contribution in [-0.2, 0) is 17.9 Å². The predicted molar refractivity (Wildman–Crippen MR) is 120 cm³/mol. The third kappa shape index (κ3) is 4.43. The standard InChI is InChI=1S/C22H23BrN6O/c1-15-5-3-6-17(11-15)19-7-9-25-22-21(19)16(2)27-29(22)14-20(30)24-8-4-10-28-13-18(23)12-26-28/h3,5-7,9,11-13H,4,8,10,14H2,1-2H3,(H,24,30). The van der Waals surface area contributed by atoms with E-state index in [9.17, 15) is 4.79 Å². The van der Waals surface area contributed by atoms with Crippen molar-refractivity contribution in [2.24, 2.45) is 0 Å². The second kappa shape index (κ2) is 8.79. The largest absolute Gasteiger partial charge is 0.354 e. The summed E-state index contributed by atoms with van der Waals surface area (Å²) in [7, 11) is 0. The molecule has 0 saturated heterocycles. The highest BCUT2D eigenvalue weighted by molar-refractivity contribution is 9.10. The summed E-state index contributed by atoms with van der Waals surface area (Å²) in [5.41, 5.74) is 5.00. The number of hydrogen-bond acceptors (Lipinski definition) is 4. The van der Waals surface area contributed by atoms with E-state index in [4.69, 9.17) is 0 Å². The summed E-state index contributed by atoms with van der Waals surface area (Å²) in [6, 6.07) is 10.4. The summed E-state index contributed by atoms with van der Waals surface area (Å²) in [6.07, 6.45) is 6.24. The summed E-state index contributed by atoms with van der Waals surface area (Å²) in [5.74, 6) is -0.0798. The van der Waals surface area contributed by atoms with Crippen LogP contribution in [0.1, 0.15) is 17.7 Å². The highest BCUT2D eigenvalue weighted by atomic mass is 79.9. The minimum Gasteiger partial charge on any atom is -0.354 e. The second-order valence-electron chi connectivity index (χ2n) is 7.29. The molecule has 0 spiro atoms. The molecule has 0 radical (unpaired) electrons. The lowest BCUT2D eigenvalue weighted by atomic mass is 10.0. The number of pyridine rings is 1. The summed E-state index contributed by atoms with van der Waals surface area (Å²) in [5, 5.41) is 12.7. The Morgan fingerprint density at radius 2 is 2.10 bits per heavy atom. The molecule has 0 aliphatic carbocycles. The van der Waals surface area contributed by atoms with E-state index >= 15 is 0 Å². The number of hydrogen-bond donors (Lipinski definition) is 1. The third-order valence-corrected chi connectivity index (χ3v) is 5.33. The average molecular weight is 467 g/mol. The van der Waals surface area contributed by atoms with Crippen LogP contribution in [0.3, 0.4) is 0 Å². The van der Waals surface area contributed by atoms with Gasteiger partial charge in [0.2, 0.25) is 5.91 Å². The Morgan fingerprint density at radius 1 is 1.23 bits per heavy atom. The molecular weight excluding hydrogens is 444 g/mol. The van der Waals surface area contributed by atoms with Crippen molar-refractivity contribution >= 4 is 32.9 Å². The molecule has 0 aliphatic rings. The van der Waals surface area contributed by atoms with Gasteiger partial charge in [0.25, 0.3) is 0 Å². The Hall–Kier alpha value is -3.00. The molecule has 0 bridgehead atoms. The predicted octanol–water partition coefficient (Wildman–Crippen LogP) is 3.88. The number of nitrogens with zero attached hydrogens (tertiary/aromatic N) is 5. The molecule has 1 aromatic carbocycles. The molecule has 4 aromatic rings. The van der Waals surface area contributed by atoms with Crippen molar-refractivity contribution < 1.29 is 4.79 Å². The van der Waals surface area contributed by atoms with Crippen LogP contribution in [0.15, 0.2) is 53.4 Å². The first-order valence-electron chi connectivity index (χ1n) is 9.85. The van der Waals surface area contributed by atoms with Crippen molar-refractivity contribution in [3.63, 3.8) is 0 Å². The summed E-state index contributed by atoms with van der Waals surface area (Å²) < 4.78 is 4.48. The van der Waals surface area contributed by atoms with Crippen molar-refractivity contribution in [1.82, 2.24) is 29.9 Å². The Labute approximate surface area is 183 Å². The smallest absolute Gasteiger partial charge is 0.241 e. The van der Waals surface area contributed by atoms with E-state index in [1.165, 1.54) is 5.56 Å². The van der Waals surface area contributed by atoms with Gasteiger partial charge in [0.1, 0.15) is 6.54 Å². The van der Waals surface area contributed by atoms with Gasteiger partial charge in [-0.3, -0.25) is 9.48 Å². The lowest BCUT2D eigenvalue weighted by Gasteiger charge is -2.07. The molecule has 3 aromatic heterocycles. The number of benzene rings is 1. The van der Waals surface area contributed by atoms with Crippen LogP contribution in [0, 0.1) is 13.8 Å². The fraction of sp³-hybridized carbons (Fsp3) is 0.273. The summed E-state index contributed by atoms with van der Waals surface area (Å²) in [4.78, 5) is 17.0. The molecule has 154 valence electrons. The molecule has 0 unspecified atom stereocenters. The molecular formula is C22H23BrN6O. The number of halogens is 1. The maximum Gasteiger partial charge on any atom is 0.241 e. The quantitative estimate of drug-likeness (QED) is 0.419. The highest BCUT2D eigenvalue weighted by Crippen LogP contribution is 2.30. The van der Waals surface area contributed by atoms with E-state index in [0.29, 0.717) is 6.54 Å². The second-order valence-corrected chi connectivity index (χ2v) is 8.21. The van der Waals surface area contributed by atoms with Gasteiger partial charge in [0.05, 0.1) is 16.4 Å². The number of fused-ring (bicyclic) bond motifs is 1. The minimum absolute atomic E-state index is 0.0798. The van der Waals surface area contributed by atoms with E-state index in [0.717, 1.165) is 45.3 Å². The Bertz CT molecular complexity index is 1200. The zero-order valence-corrected chi connectivity index (χ0v) is 18.6. The molecule has 4 rings (SSSR count). The monoisotopic (exact) mass is 466 g/mol. The summed E-state index contributed by atoms with van der Waals surface area (Å²) in [6.45, 7) is 5.50. The first kappa shape index (κ1) is 20.3. The molecule has 0 aliphatic heterocycles. The first-order chi connectivity index (χ1) is 14.5. The molecule has 0 atom stereocenters. The first-order valence-corrected chi connectivity index (χ1v) is 10.6. The number of nitrogens with one attached hydrogen (secondary N) is 1. The van der Waals surface area contributed by atoms with E-state index in [2.05, 4.69) is 61.6 Å². The van der Waals surface area contributed by atoms with Gasteiger partial charge in [0.15, 0.2) is 5.65 Å². The van der Waals surface area contributed by atoms with E-state index < -0.39 is 0 Å². The molecule has 3 heterocycles. The zero-order chi connectivity index (χ0) is 21.1. The van der Waals surface area contributed by atoms with Crippen molar-refractivity contribution in [3.8, 4) is 11.1 Å². The van der Waals surface area contributed by atoms with Crippen molar-refractivity contribution in [2.75, 3.05) is 6.54 Å². The Morgan fingerprint density at radius 3 is 2.87 bits per heavy atom. The molecule has 7 nitrogen and oxygen atoms in total. The van der Waals surface area contributed by atoms with Crippen LogP contribution in [0.25, 0.3) is 22.2 Å². The zero-order valence-electron chi connectivity index (χ0n) is 17.0. The molecule has 8 heteroatoms. The van der Waals surface area contributed by atoms with E-state index in [1.807, 2.05) is 29.9 Å². The lowest BCUT2D eigenvalue weighted by Crippen LogP contribution is -2.29. The van der Waals surface area contributed by atoms with Crippen LogP contribution < -0.4 is 5.32 Å². The number of rotatable bonds is 7. The SMILES string of the molecule is Cc1cccc(-c2ccnc3c2c(C)nn3CC(=O)NCCCn2cc(Br)cn2)c1. The van der Waals surface area contributed by atoms with Gasteiger partial charge in [-0.2, -0.15) is 10.2 Å². The maximum atomic E-state index is 12.5. The molecule has 1 amide bonds. The van der Waals surface area contributed by atoms with Crippen molar-refractivity contribution in [1.29, 1.82) is 0 Å². The van der Waals surface area contributed by atoms with E-state index in [1.54, 1.807) is 17.1 Å². The minimum atomic E-state index is -0.0798. The van der Waals surface area contributed by atoms with Crippen LogP contribution in [0.5, 0.6) is 0 Å². The molecule has 1 N–H and O–H groups in total.